The second-order valence-electron chi connectivity index (χ2n) is 5.41. The largest absolute Gasteiger partial charge is 0.480 e. The van der Waals surface area contributed by atoms with Gasteiger partial charge >= 0.3 is 12.1 Å². The number of carbonyl (C=O) groups is 1. The molecule has 6 nitrogen and oxygen atoms in total. The fourth-order valence-corrected chi connectivity index (χ4v) is 1.96. The first-order chi connectivity index (χ1) is 11.2. The second-order valence-corrected chi connectivity index (χ2v) is 5.41. The van der Waals surface area contributed by atoms with Crippen LogP contribution in [0.2, 0.25) is 0 Å². The molecular weight excluding hydrogens is 325 g/mol. The number of carboxylic acid groups (broad SMARTS) is 1. The zero-order valence-electron chi connectivity index (χ0n) is 12.9. The van der Waals surface area contributed by atoms with Crippen LogP contribution >= 0.6 is 0 Å². The Morgan fingerprint density at radius 2 is 2.00 bits per heavy atom. The minimum absolute atomic E-state index is 0.187. The zero-order chi connectivity index (χ0) is 17.9. The Kier molecular flexibility index (Phi) is 5.01. The highest BCUT2D eigenvalue weighted by atomic mass is 19.4. The summed E-state index contributed by atoms with van der Waals surface area (Å²) < 4.78 is 39.2. The molecule has 128 valence electrons. The normalized spacial score (nSPS) is 12.9. The van der Waals surface area contributed by atoms with Crippen molar-refractivity contribution in [1.29, 1.82) is 0 Å². The van der Waals surface area contributed by atoms with Gasteiger partial charge in [-0.3, -0.25) is 4.98 Å². The van der Waals surface area contributed by atoms with Crippen LogP contribution in [0.25, 0.3) is 11.4 Å². The fraction of sp³-hybridized carbons (Fsp3) is 0.333. The summed E-state index contributed by atoms with van der Waals surface area (Å²) in [7, 11) is 0. The van der Waals surface area contributed by atoms with Gasteiger partial charge in [-0.2, -0.15) is 13.2 Å². The lowest BCUT2D eigenvalue weighted by molar-refractivity contribution is -0.141. The molecule has 0 aliphatic carbocycles. The Morgan fingerprint density at radius 3 is 2.50 bits per heavy atom. The van der Waals surface area contributed by atoms with Gasteiger partial charge in [-0.1, -0.05) is 13.8 Å². The van der Waals surface area contributed by atoms with E-state index >= 15 is 0 Å². The van der Waals surface area contributed by atoms with Gasteiger partial charge in [0.2, 0.25) is 0 Å². The van der Waals surface area contributed by atoms with Gasteiger partial charge in [-0.05, 0) is 18.1 Å². The highest BCUT2D eigenvalue weighted by molar-refractivity contribution is 5.77. The number of carboxylic acids is 1. The highest BCUT2D eigenvalue weighted by Gasteiger charge is 2.34. The van der Waals surface area contributed by atoms with Gasteiger partial charge in [0, 0.05) is 24.0 Å². The van der Waals surface area contributed by atoms with E-state index < -0.39 is 23.9 Å². The number of nitrogens with zero attached hydrogens (tertiary/aromatic N) is 3. The number of hydrogen-bond donors (Lipinski definition) is 2. The van der Waals surface area contributed by atoms with E-state index in [0.717, 1.165) is 0 Å². The molecule has 2 heterocycles. The number of aromatic nitrogens is 3. The van der Waals surface area contributed by atoms with Gasteiger partial charge in [0.25, 0.3) is 0 Å². The number of alkyl halides is 3. The molecule has 0 fully saturated rings. The molecule has 2 aromatic heterocycles. The van der Waals surface area contributed by atoms with Crippen LogP contribution in [0.15, 0.2) is 30.6 Å². The molecule has 0 aliphatic heterocycles. The Labute approximate surface area is 135 Å². The molecule has 0 spiro atoms. The van der Waals surface area contributed by atoms with Crippen LogP contribution in [0.3, 0.4) is 0 Å². The van der Waals surface area contributed by atoms with Crippen LogP contribution in [0.4, 0.5) is 19.0 Å². The number of nitrogens with one attached hydrogen (secondary N) is 1. The SMILES string of the molecule is CC(C)[C@H](Nc1cc(C(F)(F)F)nc(-c2cccnc2)n1)C(=O)O. The first kappa shape index (κ1) is 17.6. The maximum Gasteiger partial charge on any atom is 0.433 e. The van der Waals surface area contributed by atoms with Crippen molar-refractivity contribution in [3.8, 4) is 11.4 Å². The zero-order valence-corrected chi connectivity index (χ0v) is 12.9. The van der Waals surface area contributed by atoms with Gasteiger partial charge in [-0.15, -0.1) is 0 Å². The van der Waals surface area contributed by atoms with Crippen LogP contribution in [0.5, 0.6) is 0 Å². The maximum atomic E-state index is 13.1. The van der Waals surface area contributed by atoms with Crippen LogP contribution < -0.4 is 5.32 Å². The standard InChI is InChI=1S/C15H15F3N4O2/c1-8(2)12(14(23)24)21-11-6-10(15(16,17)18)20-13(22-11)9-4-3-5-19-7-9/h3-8,12H,1-2H3,(H,23,24)(H,20,21,22)/t12-/m0/s1. The molecule has 2 N–H and O–H groups in total. The summed E-state index contributed by atoms with van der Waals surface area (Å²) in [4.78, 5) is 22.6. The predicted octanol–water partition coefficient (Wildman–Crippen LogP) is 3.08. The third kappa shape index (κ3) is 4.18. The van der Waals surface area contributed by atoms with Gasteiger partial charge in [0.1, 0.15) is 11.9 Å². The first-order valence-electron chi connectivity index (χ1n) is 7.04. The topological polar surface area (TPSA) is 88.0 Å². The fourth-order valence-electron chi connectivity index (χ4n) is 1.96. The highest BCUT2D eigenvalue weighted by Crippen LogP contribution is 2.31. The van der Waals surface area contributed by atoms with Crippen molar-refractivity contribution in [1.82, 2.24) is 15.0 Å². The number of hydrogen-bond acceptors (Lipinski definition) is 5. The summed E-state index contributed by atoms with van der Waals surface area (Å²) in [6.45, 7) is 3.28. The predicted molar refractivity (Wildman–Crippen MR) is 80.1 cm³/mol. The van der Waals surface area contributed by atoms with Gasteiger partial charge < -0.3 is 10.4 Å². The van der Waals surface area contributed by atoms with Crippen molar-refractivity contribution in [2.24, 2.45) is 5.92 Å². The van der Waals surface area contributed by atoms with E-state index in [0.29, 0.717) is 11.6 Å². The Morgan fingerprint density at radius 1 is 1.29 bits per heavy atom. The summed E-state index contributed by atoms with van der Waals surface area (Å²) >= 11 is 0. The van der Waals surface area contributed by atoms with E-state index in [9.17, 15) is 23.1 Å². The van der Waals surface area contributed by atoms with Crippen molar-refractivity contribution in [2.45, 2.75) is 26.1 Å². The summed E-state index contributed by atoms with van der Waals surface area (Å²) in [6.07, 6.45) is -1.89. The Bertz CT molecular complexity index is 720. The molecule has 0 unspecified atom stereocenters. The molecule has 0 aliphatic rings. The number of rotatable bonds is 5. The summed E-state index contributed by atoms with van der Waals surface area (Å²) in [5, 5.41) is 11.7. The molecule has 0 bridgehead atoms. The number of pyridine rings is 1. The molecule has 0 saturated heterocycles. The van der Waals surface area contributed by atoms with E-state index in [1.807, 2.05) is 0 Å². The minimum Gasteiger partial charge on any atom is -0.480 e. The first-order valence-corrected chi connectivity index (χ1v) is 7.04. The molecular formula is C15H15F3N4O2. The Hall–Kier alpha value is -2.71. The van der Waals surface area contributed by atoms with Gasteiger partial charge in [-0.25, -0.2) is 14.8 Å². The third-order valence-corrected chi connectivity index (χ3v) is 3.17. The monoisotopic (exact) mass is 340 g/mol. The number of aliphatic carboxylic acids is 1. The lowest BCUT2D eigenvalue weighted by Gasteiger charge is -2.19. The average molecular weight is 340 g/mol. The summed E-state index contributed by atoms with van der Waals surface area (Å²) in [5.41, 5.74) is -0.866. The van der Waals surface area contributed by atoms with E-state index in [2.05, 4.69) is 20.3 Å². The lowest BCUT2D eigenvalue weighted by Crippen LogP contribution is -2.34. The van der Waals surface area contributed by atoms with Crippen LogP contribution in [0.1, 0.15) is 19.5 Å². The van der Waals surface area contributed by atoms with E-state index in [-0.39, 0.29) is 17.6 Å². The molecule has 0 aromatic carbocycles. The minimum atomic E-state index is -4.69. The average Bonchev–Trinajstić information content (AvgIpc) is 2.51. The molecule has 0 saturated carbocycles. The quantitative estimate of drug-likeness (QED) is 0.870. The van der Waals surface area contributed by atoms with Crippen LogP contribution in [0, 0.1) is 5.92 Å². The second kappa shape index (κ2) is 6.81. The molecule has 1 atom stereocenters. The van der Waals surface area contributed by atoms with Crippen molar-refractivity contribution in [3.63, 3.8) is 0 Å². The number of anilines is 1. The van der Waals surface area contributed by atoms with Crippen LogP contribution in [-0.4, -0.2) is 32.1 Å². The summed E-state index contributed by atoms with van der Waals surface area (Å²) in [6, 6.07) is 2.67. The Balaban J connectivity index is 2.49. The van der Waals surface area contributed by atoms with E-state index in [1.165, 1.54) is 18.5 Å². The molecule has 2 rings (SSSR count). The van der Waals surface area contributed by atoms with Crippen molar-refractivity contribution < 1.29 is 23.1 Å². The molecule has 0 amide bonds. The molecule has 0 radical (unpaired) electrons. The van der Waals surface area contributed by atoms with Crippen molar-refractivity contribution >= 4 is 11.8 Å². The smallest absolute Gasteiger partial charge is 0.433 e. The van der Waals surface area contributed by atoms with E-state index in [4.69, 9.17) is 0 Å². The summed E-state index contributed by atoms with van der Waals surface area (Å²) in [5.74, 6) is -1.93. The number of halogens is 3. The van der Waals surface area contributed by atoms with Crippen LogP contribution in [-0.2, 0) is 11.0 Å². The third-order valence-electron chi connectivity index (χ3n) is 3.17. The van der Waals surface area contributed by atoms with Crippen molar-refractivity contribution in [2.75, 3.05) is 5.32 Å². The lowest BCUT2D eigenvalue weighted by atomic mass is 10.0. The molecule has 9 heteroatoms. The molecule has 24 heavy (non-hydrogen) atoms. The van der Waals surface area contributed by atoms with Gasteiger partial charge in [0.05, 0.1) is 0 Å². The van der Waals surface area contributed by atoms with Gasteiger partial charge in [0.15, 0.2) is 11.5 Å². The van der Waals surface area contributed by atoms with Crippen molar-refractivity contribution in [3.05, 3.63) is 36.3 Å². The maximum absolute atomic E-state index is 13.1. The molecule has 2 aromatic rings. The van der Waals surface area contributed by atoms with E-state index in [1.54, 1.807) is 19.9 Å².